The van der Waals surface area contributed by atoms with Crippen LogP contribution < -0.4 is 0 Å². The number of hydrogen-bond donors (Lipinski definition) is 0. The molecule has 2 aromatic heterocycles. The molecular weight excluding hydrogens is 495 g/mol. The minimum atomic E-state index is 0.419. The van der Waals surface area contributed by atoms with Crippen LogP contribution in [0.5, 0.6) is 0 Å². The van der Waals surface area contributed by atoms with Crippen LogP contribution in [0.1, 0.15) is 49.1 Å². The Labute approximate surface area is 212 Å². The molecule has 2 aromatic carbocycles. The summed E-state index contributed by atoms with van der Waals surface area (Å²) >= 11 is 20.5. The molecule has 1 atom stereocenters. The molecule has 33 heavy (non-hydrogen) atoms. The van der Waals surface area contributed by atoms with Crippen LogP contribution in [0.3, 0.4) is 0 Å². The fourth-order valence-corrected chi connectivity index (χ4v) is 6.29. The van der Waals surface area contributed by atoms with Gasteiger partial charge in [0, 0.05) is 27.1 Å². The lowest BCUT2D eigenvalue weighted by molar-refractivity contribution is 0.457. The molecule has 1 aliphatic rings. The molecular formula is C25H23Cl3N4S. The fraction of sp³-hybridized carbons (Fsp3) is 0.320. The van der Waals surface area contributed by atoms with Gasteiger partial charge in [-0.1, -0.05) is 78.0 Å². The van der Waals surface area contributed by atoms with Crippen molar-refractivity contribution in [2.45, 2.75) is 45.4 Å². The highest BCUT2D eigenvalue weighted by Gasteiger charge is 2.27. The van der Waals surface area contributed by atoms with Crippen molar-refractivity contribution in [1.29, 1.82) is 0 Å². The predicted molar refractivity (Wildman–Crippen MR) is 138 cm³/mol. The summed E-state index contributed by atoms with van der Waals surface area (Å²) in [5, 5.41) is 17.8. The third kappa shape index (κ3) is 4.44. The summed E-state index contributed by atoms with van der Waals surface area (Å²) in [6, 6.07) is 13.2. The average molecular weight is 518 g/mol. The smallest absolute Gasteiger partial charge is 0.168 e. The normalized spacial score (nSPS) is 15.3. The Bertz CT molecular complexity index is 1290. The highest BCUT2D eigenvalue weighted by molar-refractivity contribution is 7.14. The summed E-state index contributed by atoms with van der Waals surface area (Å²) in [5.74, 6) is 1.12. The first-order chi connectivity index (χ1) is 15.9. The Balaban J connectivity index is 1.63. The first-order valence-corrected chi connectivity index (χ1v) is 13.0. The van der Waals surface area contributed by atoms with E-state index in [9.17, 15) is 0 Å². The molecule has 1 unspecified atom stereocenters. The lowest BCUT2D eigenvalue weighted by atomic mass is 9.93. The fourth-order valence-electron chi connectivity index (χ4n) is 4.65. The van der Waals surface area contributed by atoms with E-state index in [1.807, 2.05) is 41.1 Å². The zero-order chi connectivity index (χ0) is 23.1. The average Bonchev–Trinajstić information content (AvgIpc) is 3.54. The summed E-state index contributed by atoms with van der Waals surface area (Å²) in [7, 11) is 0. The van der Waals surface area contributed by atoms with Crippen molar-refractivity contribution in [3.63, 3.8) is 0 Å². The summed E-state index contributed by atoms with van der Waals surface area (Å²) in [4.78, 5) is 0. The largest absolute Gasteiger partial charge is 0.231 e. The second-order valence-electron chi connectivity index (χ2n) is 8.62. The molecule has 8 heteroatoms. The van der Waals surface area contributed by atoms with Gasteiger partial charge in [0.15, 0.2) is 5.01 Å². The molecule has 4 aromatic rings. The Morgan fingerprint density at radius 1 is 0.970 bits per heavy atom. The summed E-state index contributed by atoms with van der Waals surface area (Å²) in [6.07, 6.45) is 5.19. The number of nitrogens with zero attached hydrogens (tertiary/aromatic N) is 4. The maximum absolute atomic E-state index is 6.58. The van der Waals surface area contributed by atoms with Gasteiger partial charge in [0.1, 0.15) is 10.7 Å². The van der Waals surface area contributed by atoms with Crippen LogP contribution in [0.4, 0.5) is 0 Å². The minimum Gasteiger partial charge on any atom is -0.231 e. The number of benzene rings is 2. The monoisotopic (exact) mass is 516 g/mol. The van der Waals surface area contributed by atoms with E-state index < -0.39 is 0 Å². The first-order valence-electron chi connectivity index (χ1n) is 11.1. The van der Waals surface area contributed by atoms with Crippen LogP contribution in [-0.2, 0) is 0 Å². The van der Waals surface area contributed by atoms with Crippen molar-refractivity contribution >= 4 is 46.1 Å². The van der Waals surface area contributed by atoms with Gasteiger partial charge in [0.25, 0.3) is 0 Å². The Morgan fingerprint density at radius 3 is 2.36 bits per heavy atom. The first kappa shape index (κ1) is 22.9. The number of aromatic nitrogens is 4. The van der Waals surface area contributed by atoms with E-state index in [4.69, 9.17) is 39.9 Å². The highest BCUT2D eigenvalue weighted by atomic mass is 35.5. The van der Waals surface area contributed by atoms with Gasteiger partial charge in [-0.25, -0.2) is 4.68 Å². The number of halogens is 3. The number of rotatable bonds is 5. The predicted octanol–water partition coefficient (Wildman–Crippen LogP) is 8.62. The molecule has 0 radical (unpaired) electrons. The molecule has 4 nitrogen and oxygen atoms in total. The zero-order valence-corrected chi connectivity index (χ0v) is 21.4. The topological polar surface area (TPSA) is 43.6 Å². The second kappa shape index (κ2) is 9.38. The van der Waals surface area contributed by atoms with Crippen molar-refractivity contribution in [3.8, 4) is 27.6 Å². The molecule has 0 N–H and O–H groups in total. The van der Waals surface area contributed by atoms with Crippen molar-refractivity contribution < 1.29 is 0 Å². The van der Waals surface area contributed by atoms with Crippen molar-refractivity contribution in [1.82, 2.24) is 20.0 Å². The highest BCUT2D eigenvalue weighted by Crippen LogP contribution is 2.41. The molecule has 0 aliphatic heterocycles. The lowest BCUT2D eigenvalue weighted by Gasteiger charge is -2.14. The van der Waals surface area contributed by atoms with Crippen LogP contribution in [0.2, 0.25) is 15.1 Å². The molecule has 0 spiro atoms. The van der Waals surface area contributed by atoms with Gasteiger partial charge in [0.05, 0.1) is 16.4 Å². The van der Waals surface area contributed by atoms with Crippen LogP contribution in [0, 0.1) is 12.8 Å². The Kier molecular flexibility index (Phi) is 6.49. The third-order valence-electron chi connectivity index (χ3n) is 6.52. The molecule has 0 bridgehead atoms. The summed E-state index contributed by atoms with van der Waals surface area (Å²) in [6.45, 7) is 4.34. The molecule has 1 aliphatic carbocycles. The van der Waals surface area contributed by atoms with E-state index >= 15 is 0 Å². The van der Waals surface area contributed by atoms with Crippen molar-refractivity contribution in [2.24, 2.45) is 5.92 Å². The molecule has 0 saturated heterocycles. The molecule has 5 rings (SSSR count). The van der Waals surface area contributed by atoms with Gasteiger partial charge in [-0.15, -0.1) is 10.2 Å². The SMILES string of the molecule is Cc1c(-c2nnc(C(C)C3CCCC3)s2)nn(-c2ccc(Cl)cc2Cl)c1-c1ccc(Cl)cc1. The Morgan fingerprint density at radius 2 is 1.67 bits per heavy atom. The van der Waals surface area contributed by atoms with E-state index in [2.05, 4.69) is 24.0 Å². The van der Waals surface area contributed by atoms with Gasteiger partial charge in [-0.05, 0) is 56.0 Å². The maximum atomic E-state index is 6.58. The van der Waals surface area contributed by atoms with E-state index in [0.717, 1.165) is 38.2 Å². The molecule has 170 valence electrons. The molecule has 1 saturated carbocycles. The van der Waals surface area contributed by atoms with E-state index in [-0.39, 0.29) is 0 Å². The molecule has 2 heterocycles. The van der Waals surface area contributed by atoms with Crippen LogP contribution in [0.25, 0.3) is 27.6 Å². The second-order valence-corrected chi connectivity index (χ2v) is 10.9. The zero-order valence-electron chi connectivity index (χ0n) is 18.4. The van der Waals surface area contributed by atoms with Gasteiger partial charge >= 0.3 is 0 Å². The lowest BCUT2D eigenvalue weighted by Crippen LogP contribution is -2.05. The summed E-state index contributed by atoms with van der Waals surface area (Å²) < 4.78 is 1.87. The number of hydrogen-bond acceptors (Lipinski definition) is 4. The van der Waals surface area contributed by atoms with Gasteiger partial charge < -0.3 is 0 Å². The molecule has 1 fully saturated rings. The Hall–Kier alpha value is -1.92. The minimum absolute atomic E-state index is 0.419. The van der Waals surface area contributed by atoms with E-state index in [0.29, 0.717) is 26.9 Å². The van der Waals surface area contributed by atoms with Crippen LogP contribution in [-0.4, -0.2) is 20.0 Å². The summed E-state index contributed by atoms with van der Waals surface area (Å²) in [5.41, 5.74) is 4.51. The molecule has 0 amide bonds. The van der Waals surface area contributed by atoms with E-state index in [1.165, 1.54) is 25.7 Å². The van der Waals surface area contributed by atoms with Crippen molar-refractivity contribution in [2.75, 3.05) is 0 Å². The maximum Gasteiger partial charge on any atom is 0.168 e. The van der Waals surface area contributed by atoms with Crippen molar-refractivity contribution in [3.05, 3.63) is 68.1 Å². The van der Waals surface area contributed by atoms with Crippen LogP contribution >= 0.6 is 46.1 Å². The van der Waals surface area contributed by atoms with Gasteiger partial charge in [0.2, 0.25) is 0 Å². The van der Waals surface area contributed by atoms with Crippen LogP contribution in [0.15, 0.2) is 42.5 Å². The standard InChI is InChI=1S/C25H23Cl3N4S/c1-14(16-5-3-4-6-16)24-29-30-25(33-24)22-15(2)23(17-7-9-18(26)10-8-17)32(31-22)21-12-11-19(27)13-20(21)28/h7-14,16H,3-6H2,1-2H3. The van der Waals surface area contributed by atoms with Gasteiger partial charge in [-0.2, -0.15) is 5.10 Å². The van der Waals surface area contributed by atoms with E-state index in [1.54, 1.807) is 17.4 Å². The van der Waals surface area contributed by atoms with Gasteiger partial charge in [-0.3, -0.25) is 0 Å². The quantitative estimate of drug-likeness (QED) is 0.266. The third-order valence-corrected chi connectivity index (χ3v) is 8.44.